The van der Waals surface area contributed by atoms with Crippen molar-refractivity contribution in [1.29, 1.82) is 0 Å². The first-order chi connectivity index (χ1) is 21.8. The normalized spacial score (nSPS) is 13.8. The van der Waals surface area contributed by atoms with Crippen molar-refractivity contribution in [2.45, 2.75) is 108 Å². The molecule has 0 aromatic heterocycles. The second-order valence-corrected chi connectivity index (χ2v) is 11.4. The number of allylic oxidation sites excluding steroid dienone is 1. The third-order valence-electron chi connectivity index (χ3n) is 7.48. The van der Waals surface area contributed by atoms with Gasteiger partial charge in [-0.25, -0.2) is 4.79 Å². The number of nitrogens with one attached hydrogen (secondary N) is 2. The van der Waals surface area contributed by atoms with E-state index in [1.54, 1.807) is 0 Å². The van der Waals surface area contributed by atoms with E-state index in [4.69, 9.17) is 5.11 Å². The molecule has 2 amide bonds. The number of carboxylic acids is 3. The smallest absolute Gasteiger partial charge is 0.337 e. The van der Waals surface area contributed by atoms with Crippen molar-refractivity contribution >= 4 is 35.5 Å². The van der Waals surface area contributed by atoms with Gasteiger partial charge < -0.3 is 36.2 Å². The molecule has 1 rings (SSSR count). The Hall–Kier alpha value is -4.26. The molecule has 13 heteroatoms. The van der Waals surface area contributed by atoms with Crippen LogP contribution in [0.5, 0.6) is 5.75 Å². The molecule has 0 spiro atoms. The largest absolute Gasteiger partial charge is 0.508 e. The van der Waals surface area contributed by atoms with E-state index in [2.05, 4.69) is 17.6 Å². The minimum Gasteiger partial charge on any atom is -0.508 e. The van der Waals surface area contributed by atoms with E-state index in [1.165, 1.54) is 36.8 Å². The molecular formula is C33H48N2O11. The number of hydrogen-bond acceptors (Lipinski definition) is 8. The van der Waals surface area contributed by atoms with Crippen molar-refractivity contribution in [1.82, 2.24) is 10.6 Å². The molecule has 0 saturated carbocycles. The summed E-state index contributed by atoms with van der Waals surface area (Å²) in [5.74, 6) is -8.81. The summed E-state index contributed by atoms with van der Waals surface area (Å²) in [6, 6.07) is 4.14. The number of aliphatic hydroxyl groups is 1. The Bertz CT molecular complexity index is 1180. The fourth-order valence-corrected chi connectivity index (χ4v) is 4.86. The molecule has 0 radical (unpaired) electrons. The highest BCUT2D eigenvalue weighted by atomic mass is 16.4. The number of ketones is 1. The maximum Gasteiger partial charge on any atom is 0.337 e. The number of unbranched alkanes of at least 4 members (excludes halogenated alkanes) is 8. The lowest BCUT2D eigenvalue weighted by Gasteiger charge is -2.30. The van der Waals surface area contributed by atoms with Gasteiger partial charge in [-0.1, -0.05) is 69.7 Å². The van der Waals surface area contributed by atoms with Crippen LogP contribution in [0.2, 0.25) is 0 Å². The standard InChI is InChI=1S/C33H48N2O11/c1-2-3-4-7-10-13-24(36)14-11-8-5-6-9-12-15-26(33(46,32(44)45)21-28(38)39)30(42)35-27(31(43)34-22-29(40)41)20-23-16-18-25(37)19-17-23/h12,15-19,26-27,37,46H,2-11,13-14,20-22H2,1H3,(H,34,43)(H,35,42)(H,38,39)(H,40,41)(H,44,45)/b15-12+/t26-,27+,33+/m1/s1. The Labute approximate surface area is 269 Å². The van der Waals surface area contributed by atoms with Crippen LogP contribution >= 0.6 is 0 Å². The maximum absolute atomic E-state index is 13.4. The second kappa shape index (κ2) is 21.5. The zero-order valence-electron chi connectivity index (χ0n) is 26.4. The van der Waals surface area contributed by atoms with Gasteiger partial charge in [0, 0.05) is 19.3 Å². The molecule has 0 aliphatic heterocycles. The summed E-state index contributed by atoms with van der Waals surface area (Å²) in [7, 11) is 0. The predicted molar refractivity (Wildman–Crippen MR) is 168 cm³/mol. The van der Waals surface area contributed by atoms with Gasteiger partial charge in [-0.2, -0.15) is 0 Å². The van der Waals surface area contributed by atoms with Gasteiger partial charge in [-0.05, 0) is 43.4 Å². The SMILES string of the molecule is CCCCCCCC(=O)CCCCCC/C=C/[C@H](C(=O)N[C@@H](Cc1ccc(O)cc1)C(=O)NCC(=O)O)[C@@](O)(CC(=O)O)C(=O)O. The van der Waals surface area contributed by atoms with Crippen molar-refractivity contribution in [3.8, 4) is 5.75 Å². The number of carboxylic acid groups (broad SMARTS) is 3. The van der Waals surface area contributed by atoms with E-state index in [0.717, 1.165) is 51.0 Å². The molecule has 0 aliphatic carbocycles. The summed E-state index contributed by atoms with van der Waals surface area (Å²) in [6.07, 6.45) is 10.9. The number of phenolic OH excluding ortho intramolecular Hbond substituents is 1. The Kier molecular flexibility index (Phi) is 18.6. The first-order valence-electron chi connectivity index (χ1n) is 15.7. The van der Waals surface area contributed by atoms with Gasteiger partial charge in [0.15, 0.2) is 5.60 Å². The molecule has 1 aromatic carbocycles. The quantitative estimate of drug-likeness (QED) is 0.0601. The number of hydrogen-bond donors (Lipinski definition) is 7. The zero-order valence-corrected chi connectivity index (χ0v) is 26.4. The number of aliphatic carboxylic acids is 3. The fourth-order valence-electron chi connectivity index (χ4n) is 4.86. The minimum atomic E-state index is -3.07. The molecule has 0 fully saturated rings. The van der Waals surface area contributed by atoms with E-state index in [1.807, 2.05) is 0 Å². The highest BCUT2D eigenvalue weighted by Crippen LogP contribution is 2.26. The third kappa shape index (κ3) is 15.6. The fraction of sp³-hybridized carbons (Fsp3) is 0.576. The molecule has 256 valence electrons. The number of benzene rings is 1. The van der Waals surface area contributed by atoms with E-state index in [-0.39, 0.29) is 18.0 Å². The molecule has 0 unspecified atom stereocenters. The lowest BCUT2D eigenvalue weighted by atomic mass is 9.82. The van der Waals surface area contributed by atoms with Gasteiger partial charge in [-0.3, -0.25) is 24.0 Å². The van der Waals surface area contributed by atoms with E-state index in [0.29, 0.717) is 31.2 Å². The Balaban J connectivity index is 2.94. The van der Waals surface area contributed by atoms with Crippen molar-refractivity contribution in [3.63, 3.8) is 0 Å². The third-order valence-corrected chi connectivity index (χ3v) is 7.48. The lowest BCUT2D eigenvalue weighted by Crippen LogP contribution is -2.56. The summed E-state index contributed by atoms with van der Waals surface area (Å²) < 4.78 is 0. The molecule has 7 N–H and O–H groups in total. The van der Waals surface area contributed by atoms with Crippen molar-refractivity contribution < 1.29 is 54.3 Å². The van der Waals surface area contributed by atoms with E-state index in [9.17, 15) is 49.2 Å². The van der Waals surface area contributed by atoms with Crippen LogP contribution in [-0.4, -0.2) is 79.2 Å². The van der Waals surface area contributed by atoms with E-state index < -0.39 is 60.2 Å². The number of phenols is 1. The van der Waals surface area contributed by atoms with Crippen LogP contribution in [0.25, 0.3) is 0 Å². The first kappa shape index (κ1) is 39.8. The molecule has 0 aliphatic rings. The summed E-state index contributed by atoms with van der Waals surface area (Å²) >= 11 is 0. The number of rotatable bonds is 25. The summed E-state index contributed by atoms with van der Waals surface area (Å²) in [4.78, 5) is 72.8. The minimum absolute atomic E-state index is 0.0632. The Morgan fingerprint density at radius 1 is 0.804 bits per heavy atom. The molecule has 0 bridgehead atoms. The average molecular weight is 649 g/mol. The van der Waals surface area contributed by atoms with Gasteiger partial charge in [0.2, 0.25) is 11.8 Å². The summed E-state index contributed by atoms with van der Waals surface area (Å²) in [5, 5.41) is 53.0. The van der Waals surface area contributed by atoms with Crippen molar-refractivity contribution in [2.24, 2.45) is 5.92 Å². The zero-order chi connectivity index (χ0) is 34.5. The topological polar surface area (TPSA) is 228 Å². The van der Waals surface area contributed by atoms with Gasteiger partial charge in [0.25, 0.3) is 0 Å². The van der Waals surface area contributed by atoms with Crippen LogP contribution < -0.4 is 10.6 Å². The van der Waals surface area contributed by atoms with Crippen LogP contribution in [0, 0.1) is 5.92 Å². The maximum atomic E-state index is 13.4. The van der Waals surface area contributed by atoms with Crippen LogP contribution in [0.15, 0.2) is 36.4 Å². The number of carbonyl (C=O) groups excluding carboxylic acids is 3. The van der Waals surface area contributed by atoms with Gasteiger partial charge in [0.05, 0.1) is 12.3 Å². The molecule has 1 aromatic rings. The Morgan fingerprint density at radius 2 is 1.39 bits per heavy atom. The predicted octanol–water partition coefficient (Wildman–Crippen LogP) is 3.35. The van der Waals surface area contributed by atoms with Gasteiger partial charge >= 0.3 is 17.9 Å². The molecule has 3 atom stereocenters. The van der Waals surface area contributed by atoms with Crippen LogP contribution in [0.1, 0.15) is 96.0 Å². The highest BCUT2D eigenvalue weighted by molar-refractivity contribution is 5.96. The molecule has 13 nitrogen and oxygen atoms in total. The number of amides is 2. The summed E-state index contributed by atoms with van der Waals surface area (Å²) in [6.45, 7) is 1.37. The van der Waals surface area contributed by atoms with Crippen molar-refractivity contribution in [3.05, 3.63) is 42.0 Å². The van der Waals surface area contributed by atoms with Crippen molar-refractivity contribution in [2.75, 3.05) is 6.54 Å². The molecule has 0 heterocycles. The second-order valence-electron chi connectivity index (χ2n) is 11.4. The first-order valence-corrected chi connectivity index (χ1v) is 15.7. The van der Waals surface area contributed by atoms with Gasteiger partial charge in [-0.15, -0.1) is 0 Å². The monoisotopic (exact) mass is 648 g/mol. The number of carbonyl (C=O) groups is 6. The van der Waals surface area contributed by atoms with Crippen LogP contribution in [0.4, 0.5) is 0 Å². The van der Waals surface area contributed by atoms with Crippen LogP contribution in [0.3, 0.4) is 0 Å². The van der Waals surface area contributed by atoms with E-state index >= 15 is 0 Å². The Morgan fingerprint density at radius 3 is 1.93 bits per heavy atom. The van der Waals surface area contributed by atoms with Gasteiger partial charge in [0.1, 0.15) is 24.1 Å². The van der Waals surface area contributed by atoms with Crippen LogP contribution in [-0.2, 0) is 35.2 Å². The molecular weight excluding hydrogens is 600 g/mol. The molecule has 0 saturated heterocycles. The lowest BCUT2D eigenvalue weighted by molar-refractivity contribution is -0.172. The highest BCUT2D eigenvalue weighted by Gasteiger charge is 2.49. The molecule has 46 heavy (non-hydrogen) atoms. The number of aromatic hydroxyl groups is 1. The summed E-state index contributed by atoms with van der Waals surface area (Å²) in [5.41, 5.74) is -2.61. The number of Topliss-reactive ketones (excluding diaryl/α,β-unsaturated/α-hetero) is 1. The average Bonchev–Trinajstić information content (AvgIpc) is 2.99.